The van der Waals surface area contributed by atoms with Crippen LogP contribution in [0.1, 0.15) is 265 Å². The Morgan fingerprint density at radius 2 is 0.759 bits per heavy atom. The summed E-state index contributed by atoms with van der Waals surface area (Å²) in [5.74, 6) is -3.22. The number of ether oxygens (including phenoxy) is 5. The van der Waals surface area contributed by atoms with E-state index >= 15 is 0 Å². The summed E-state index contributed by atoms with van der Waals surface area (Å²) in [7, 11) is 0. The number of aliphatic hydroxyl groups is 2. The molecule has 0 amide bonds. The first-order chi connectivity index (χ1) is 40.6. The van der Waals surface area contributed by atoms with Gasteiger partial charge in [0.15, 0.2) is 24.6 Å². The minimum atomic E-state index is -1.92. The number of carbonyl (C=O) groups is 4. The molecule has 0 aromatic carbocycles. The Hall–Kier alpha value is -4.62. The van der Waals surface area contributed by atoms with E-state index in [1.54, 1.807) is 0 Å². The number of rotatable bonds is 55. The summed E-state index contributed by atoms with van der Waals surface area (Å²) in [6.07, 6.45) is 66.2. The molecule has 1 rings (SSSR count). The molecule has 0 radical (unpaired) electrons. The first kappa shape index (κ1) is 76.4. The molecule has 0 aromatic heterocycles. The maximum Gasteiger partial charge on any atom is 0.335 e. The Labute approximate surface area is 504 Å². The van der Waals surface area contributed by atoms with E-state index in [0.717, 1.165) is 116 Å². The number of aliphatic hydroxyl groups excluding tert-OH is 2. The van der Waals surface area contributed by atoms with Gasteiger partial charge in [0, 0.05) is 19.3 Å². The second-order valence-corrected chi connectivity index (χ2v) is 22.0. The maximum atomic E-state index is 13.2. The molecule has 1 heterocycles. The highest BCUT2D eigenvalue weighted by molar-refractivity contribution is 5.74. The van der Waals surface area contributed by atoms with Gasteiger partial charge < -0.3 is 39.0 Å². The van der Waals surface area contributed by atoms with Crippen molar-refractivity contribution in [2.45, 2.75) is 302 Å². The van der Waals surface area contributed by atoms with Crippen molar-refractivity contribution in [3.05, 3.63) is 109 Å². The van der Waals surface area contributed by atoms with E-state index in [0.29, 0.717) is 19.3 Å². The lowest BCUT2D eigenvalue weighted by Crippen LogP contribution is -2.61. The van der Waals surface area contributed by atoms with Crippen LogP contribution >= 0.6 is 0 Å². The molecule has 1 fully saturated rings. The third kappa shape index (κ3) is 47.3. The topological polar surface area (TPSA) is 175 Å². The number of carbonyl (C=O) groups excluding carboxylic acids is 3. The van der Waals surface area contributed by atoms with Crippen LogP contribution < -0.4 is 0 Å². The SMILES string of the molecule is CC/C=C\C/C=C\C/C=C\C/C=C\C/C=C\CCCCCC(=O)OCC(COC1OC(C(=O)O)C(O)C(O)C1OC(=O)CCCCCCCCCCCCCCCCCCCCC)OC(=O)CCCC/C=C\C/C=C\C/C=C\C/C=C\CC. The van der Waals surface area contributed by atoms with E-state index < -0.39 is 67.3 Å². The van der Waals surface area contributed by atoms with Crippen LogP contribution in [0, 0.1) is 0 Å². The highest BCUT2D eigenvalue weighted by Gasteiger charge is 2.50. The minimum absolute atomic E-state index is 0.0507. The van der Waals surface area contributed by atoms with Gasteiger partial charge in [0.1, 0.15) is 18.8 Å². The molecule has 83 heavy (non-hydrogen) atoms. The lowest BCUT2D eigenvalue weighted by molar-refractivity contribution is -0.301. The van der Waals surface area contributed by atoms with E-state index in [1.165, 1.54) is 89.9 Å². The maximum absolute atomic E-state index is 13.2. The van der Waals surface area contributed by atoms with E-state index in [4.69, 9.17) is 23.7 Å². The second kappa shape index (κ2) is 57.8. The van der Waals surface area contributed by atoms with Gasteiger partial charge in [0.2, 0.25) is 0 Å². The molecule has 0 spiro atoms. The summed E-state index contributed by atoms with van der Waals surface area (Å²) in [5, 5.41) is 31.6. The molecule has 6 atom stereocenters. The number of hydrogen-bond donors (Lipinski definition) is 3. The Morgan fingerprint density at radius 3 is 1.18 bits per heavy atom. The summed E-state index contributed by atoms with van der Waals surface area (Å²) in [5.41, 5.74) is 0. The number of hydrogen-bond acceptors (Lipinski definition) is 11. The van der Waals surface area contributed by atoms with Crippen LogP contribution in [0.15, 0.2) is 109 Å². The first-order valence-corrected chi connectivity index (χ1v) is 32.9. The van der Waals surface area contributed by atoms with Gasteiger partial charge in [-0.15, -0.1) is 0 Å². The molecule has 6 unspecified atom stereocenters. The molecule has 3 N–H and O–H groups in total. The second-order valence-electron chi connectivity index (χ2n) is 22.0. The number of esters is 3. The Kier molecular flexibility index (Phi) is 53.2. The van der Waals surface area contributed by atoms with Crippen LogP contribution in [-0.4, -0.2) is 89.2 Å². The summed E-state index contributed by atoms with van der Waals surface area (Å²) >= 11 is 0. The third-order valence-corrected chi connectivity index (χ3v) is 14.3. The van der Waals surface area contributed by atoms with Crippen molar-refractivity contribution < 1.29 is 58.2 Å². The van der Waals surface area contributed by atoms with Crippen LogP contribution in [0.3, 0.4) is 0 Å². The smallest absolute Gasteiger partial charge is 0.335 e. The largest absolute Gasteiger partial charge is 0.479 e. The Morgan fingerprint density at radius 1 is 0.410 bits per heavy atom. The fraction of sp³-hybridized carbons (Fsp3) is 0.690. The van der Waals surface area contributed by atoms with Gasteiger partial charge in [-0.05, 0) is 103 Å². The van der Waals surface area contributed by atoms with Crippen LogP contribution in [-0.2, 0) is 42.9 Å². The highest BCUT2D eigenvalue weighted by Crippen LogP contribution is 2.27. The van der Waals surface area contributed by atoms with Gasteiger partial charge in [-0.25, -0.2) is 4.79 Å². The van der Waals surface area contributed by atoms with Crippen molar-refractivity contribution in [3.8, 4) is 0 Å². The Balaban J connectivity index is 2.69. The average molecular weight is 1160 g/mol. The van der Waals surface area contributed by atoms with Crippen LogP contribution in [0.25, 0.3) is 0 Å². The van der Waals surface area contributed by atoms with E-state index in [1.807, 2.05) is 0 Å². The number of aliphatic carboxylic acids is 1. The van der Waals surface area contributed by atoms with Crippen LogP contribution in [0.2, 0.25) is 0 Å². The molecule has 12 nitrogen and oxygen atoms in total. The summed E-state index contributed by atoms with van der Waals surface area (Å²) < 4.78 is 28.5. The first-order valence-electron chi connectivity index (χ1n) is 32.9. The van der Waals surface area contributed by atoms with Gasteiger partial charge in [-0.3, -0.25) is 14.4 Å². The molecule has 0 aromatic rings. The molecular weight excluding hydrogens is 1040 g/mol. The monoisotopic (exact) mass is 1160 g/mol. The van der Waals surface area contributed by atoms with Crippen LogP contribution in [0.4, 0.5) is 0 Å². The van der Waals surface area contributed by atoms with Crippen molar-refractivity contribution in [1.82, 2.24) is 0 Å². The normalized spacial score (nSPS) is 18.3. The fourth-order valence-electron chi connectivity index (χ4n) is 9.39. The van der Waals surface area contributed by atoms with Crippen LogP contribution in [0.5, 0.6) is 0 Å². The number of carboxylic acids is 1. The average Bonchev–Trinajstić information content (AvgIpc) is 3.57. The molecule has 0 aliphatic carbocycles. The van der Waals surface area contributed by atoms with Crippen molar-refractivity contribution in [1.29, 1.82) is 0 Å². The Bertz CT molecular complexity index is 1860. The van der Waals surface area contributed by atoms with E-state index in [9.17, 15) is 34.5 Å². The third-order valence-electron chi connectivity index (χ3n) is 14.3. The minimum Gasteiger partial charge on any atom is -0.479 e. The predicted octanol–water partition coefficient (Wildman–Crippen LogP) is 17.8. The van der Waals surface area contributed by atoms with Crippen molar-refractivity contribution in [2.75, 3.05) is 13.2 Å². The molecule has 0 saturated carbocycles. The lowest BCUT2D eigenvalue weighted by atomic mass is 9.98. The van der Waals surface area contributed by atoms with Crippen molar-refractivity contribution in [2.24, 2.45) is 0 Å². The standard InChI is InChI=1S/C71H116O12/c1-4-7-10-13-16-19-22-25-28-30-32-34-37-39-42-45-48-51-54-57-63(72)79-60-62(81-64(73)58-55-52-49-46-43-40-36-27-24-21-18-15-12-9-6-3)61-80-71-69(67(76)66(75)68(83-71)70(77)78)82-65(74)59-56-53-50-47-44-41-38-35-33-31-29-26-23-20-17-14-11-8-5-2/h7,9-10,12,16,18-19,21,25,27-28,32,34,36,39,42-43,46,62,66-69,71,75-76H,4-6,8,11,13-15,17,20,22-24,26,29-31,33,35,37-38,40-41,44-45,47-61H2,1-3H3,(H,77,78)/b10-7-,12-9-,19-16-,21-18-,28-25-,34-32-,36-27-,42-39-,46-43-. The molecular formula is C71H116O12. The molecule has 1 saturated heterocycles. The zero-order valence-electron chi connectivity index (χ0n) is 52.2. The van der Waals surface area contributed by atoms with Crippen molar-refractivity contribution >= 4 is 23.9 Å². The van der Waals surface area contributed by atoms with Gasteiger partial charge in [0.05, 0.1) is 6.61 Å². The number of unbranched alkanes of at least 4 members (excludes halogenated alkanes) is 23. The van der Waals surface area contributed by atoms with E-state index in [-0.39, 0.29) is 25.9 Å². The van der Waals surface area contributed by atoms with Gasteiger partial charge >= 0.3 is 23.9 Å². The van der Waals surface area contributed by atoms with Gasteiger partial charge in [-0.2, -0.15) is 0 Å². The molecule has 1 aliphatic rings. The van der Waals surface area contributed by atoms with E-state index in [2.05, 4.69) is 130 Å². The molecule has 1 aliphatic heterocycles. The molecule has 0 bridgehead atoms. The van der Waals surface area contributed by atoms with Gasteiger partial charge in [-0.1, -0.05) is 252 Å². The lowest BCUT2D eigenvalue weighted by Gasteiger charge is -2.40. The highest BCUT2D eigenvalue weighted by atomic mass is 16.7. The van der Waals surface area contributed by atoms with Gasteiger partial charge in [0.25, 0.3) is 0 Å². The predicted molar refractivity (Wildman–Crippen MR) is 340 cm³/mol. The molecule has 12 heteroatoms. The summed E-state index contributed by atoms with van der Waals surface area (Å²) in [4.78, 5) is 51.3. The quantitative estimate of drug-likeness (QED) is 0.0228. The zero-order valence-corrected chi connectivity index (χ0v) is 52.2. The molecule has 472 valence electrons. The number of carboxylic acid groups (broad SMARTS) is 1. The summed E-state index contributed by atoms with van der Waals surface area (Å²) in [6.45, 7) is 5.73. The number of allylic oxidation sites excluding steroid dienone is 18. The summed E-state index contributed by atoms with van der Waals surface area (Å²) in [6, 6.07) is 0. The van der Waals surface area contributed by atoms with Crippen molar-refractivity contribution in [3.63, 3.8) is 0 Å². The zero-order chi connectivity index (χ0) is 60.3. The fourth-order valence-corrected chi connectivity index (χ4v) is 9.39.